The van der Waals surface area contributed by atoms with Gasteiger partial charge in [-0.25, -0.2) is 4.98 Å². The molecule has 0 bridgehead atoms. The summed E-state index contributed by atoms with van der Waals surface area (Å²) in [6.45, 7) is 3.18. The minimum absolute atomic E-state index is 0.308. The molecule has 0 radical (unpaired) electrons. The monoisotopic (exact) mass is 289 g/mol. The van der Waals surface area contributed by atoms with E-state index < -0.39 is 16.0 Å². The molecule has 0 spiro atoms. The van der Waals surface area contributed by atoms with Crippen LogP contribution in [0.1, 0.15) is 19.0 Å². The third-order valence-electron chi connectivity index (χ3n) is 2.76. The van der Waals surface area contributed by atoms with Gasteiger partial charge < -0.3 is 9.88 Å². The van der Waals surface area contributed by atoms with Crippen molar-refractivity contribution in [2.75, 3.05) is 11.9 Å². The molecule has 0 aliphatic heterocycles. The standard InChI is InChI=1S/C13H15N5O3/c1-2-4-14-13-7-15-10(6-16-13)8-17-5-3-12(19)11(9-17)18(20)21/h3,5-7,9H,2,4,8H2,1H3,(H,14,16). The van der Waals surface area contributed by atoms with Crippen LogP contribution in [0, 0.1) is 10.1 Å². The molecule has 0 atom stereocenters. The summed E-state index contributed by atoms with van der Waals surface area (Å²) in [7, 11) is 0. The number of nitrogens with zero attached hydrogens (tertiary/aromatic N) is 4. The van der Waals surface area contributed by atoms with Gasteiger partial charge in [0.25, 0.3) is 5.43 Å². The second kappa shape index (κ2) is 6.60. The Morgan fingerprint density at radius 2 is 2.19 bits per heavy atom. The zero-order chi connectivity index (χ0) is 15.2. The summed E-state index contributed by atoms with van der Waals surface area (Å²) in [5, 5.41) is 13.8. The molecule has 2 heterocycles. The molecule has 0 saturated heterocycles. The maximum Gasteiger partial charge on any atom is 0.332 e. The first-order valence-corrected chi connectivity index (χ1v) is 6.49. The number of aromatic nitrogens is 3. The predicted molar refractivity (Wildman–Crippen MR) is 77.3 cm³/mol. The van der Waals surface area contributed by atoms with Crippen LogP contribution in [-0.4, -0.2) is 26.0 Å². The van der Waals surface area contributed by atoms with E-state index in [1.54, 1.807) is 12.4 Å². The van der Waals surface area contributed by atoms with Crippen molar-refractivity contribution >= 4 is 11.5 Å². The Morgan fingerprint density at radius 1 is 1.38 bits per heavy atom. The first-order chi connectivity index (χ1) is 10.1. The Kier molecular flexibility index (Phi) is 4.60. The molecule has 8 heteroatoms. The summed E-state index contributed by atoms with van der Waals surface area (Å²) in [5.74, 6) is 0.687. The fraction of sp³-hybridized carbons (Fsp3) is 0.308. The van der Waals surface area contributed by atoms with Crippen LogP contribution >= 0.6 is 0 Å². The molecule has 0 aliphatic rings. The molecule has 0 fully saturated rings. The fourth-order valence-corrected chi connectivity index (χ4v) is 1.72. The van der Waals surface area contributed by atoms with E-state index in [4.69, 9.17) is 0 Å². The number of hydrogen-bond acceptors (Lipinski definition) is 6. The molecule has 8 nitrogen and oxygen atoms in total. The van der Waals surface area contributed by atoms with Crippen molar-refractivity contribution in [3.63, 3.8) is 0 Å². The lowest BCUT2D eigenvalue weighted by molar-refractivity contribution is -0.386. The number of rotatable bonds is 6. The lowest BCUT2D eigenvalue weighted by atomic mass is 10.3. The van der Waals surface area contributed by atoms with Gasteiger partial charge in [0.05, 0.1) is 35.8 Å². The molecule has 0 aromatic carbocycles. The maximum atomic E-state index is 11.3. The second-order valence-corrected chi connectivity index (χ2v) is 4.44. The zero-order valence-electron chi connectivity index (χ0n) is 11.5. The summed E-state index contributed by atoms with van der Waals surface area (Å²) in [6, 6.07) is 1.17. The lowest BCUT2D eigenvalue weighted by Gasteiger charge is -2.07. The normalized spacial score (nSPS) is 10.3. The van der Waals surface area contributed by atoms with Crippen LogP contribution in [-0.2, 0) is 6.54 Å². The van der Waals surface area contributed by atoms with E-state index in [9.17, 15) is 14.9 Å². The summed E-state index contributed by atoms with van der Waals surface area (Å²) >= 11 is 0. The van der Waals surface area contributed by atoms with E-state index in [1.807, 2.05) is 0 Å². The Hall–Kier alpha value is -2.77. The van der Waals surface area contributed by atoms with E-state index in [-0.39, 0.29) is 0 Å². The Bertz CT molecular complexity index is 681. The first-order valence-electron chi connectivity index (χ1n) is 6.49. The molecule has 110 valence electrons. The minimum Gasteiger partial charge on any atom is -0.369 e. The van der Waals surface area contributed by atoms with Crippen LogP contribution in [0.3, 0.4) is 0 Å². The third-order valence-corrected chi connectivity index (χ3v) is 2.76. The summed E-state index contributed by atoms with van der Waals surface area (Å²) < 4.78 is 1.53. The van der Waals surface area contributed by atoms with Crippen molar-refractivity contribution in [3.05, 3.63) is 56.9 Å². The van der Waals surface area contributed by atoms with Crippen molar-refractivity contribution in [2.24, 2.45) is 0 Å². The number of hydrogen-bond donors (Lipinski definition) is 1. The highest BCUT2D eigenvalue weighted by molar-refractivity contribution is 5.31. The predicted octanol–water partition coefficient (Wildman–Crippen LogP) is 1.42. The molecule has 0 amide bonds. The van der Waals surface area contributed by atoms with Crippen LogP contribution in [0.25, 0.3) is 0 Å². The van der Waals surface area contributed by atoms with E-state index >= 15 is 0 Å². The summed E-state index contributed by atoms with van der Waals surface area (Å²) in [4.78, 5) is 29.8. The van der Waals surface area contributed by atoms with Gasteiger partial charge in [-0.2, -0.15) is 0 Å². The van der Waals surface area contributed by atoms with Crippen LogP contribution in [0.5, 0.6) is 0 Å². The summed E-state index contributed by atoms with van der Waals surface area (Å²) in [6.07, 6.45) is 6.89. The van der Waals surface area contributed by atoms with Crippen molar-refractivity contribution in [2.45, 2.75) is 19.9 Å². The highest BCUT2D eigenvalue weighted by Gasteiger charge is 2.11. The zero-order valence-corrected chi connectivity index (χ0v) is 11.5. The molecule has 0 aliphatic carbocycles. The van der Waals surface area contributed by atoms with Gasteiger partial charge in [-0.1, -0.05) is 6.92 Å². The highest BCUT2D eigenvalue weighted by atomic mass is 16.6. The molecule has 2 aromatic rings. The quantitative estimate of drug-likeness (QED) is 0.637. The number of pyridine rings is 1. The third kappa shape index (κ3) is 3.85. The van der Waals surface area contributed by atoms with Crippen LogP contribution < -0.4 is 10.7 Å². The molecule has 0 unspecified atom stereocenters. The molecular formula is C13H15N5O3. The average molecular weight is 289 g/mol. The van der Waals surface area contributed by atoms with Crippen LogP contribution in [0.4, 0.5) is 11.5 Å². The lowest BCUT2D eigenvalue weighted by Crippen LogP contribution is -2.12. The van der Waals surface area contributed by atoms with E-state index in [0.717, 1.165) is 13.0 Å². The van der Waals surface area contributed by atoms with E-state index in [1.165, 1.54) is 23.0 Å². The Labute approximate surface area is 120 Å². The topological polar surface area (TPSA) is 103 Å². The molecule has 21 heavy (non-hydrogen) atoms. The average Bonchev–Trinajstić information content (AvgIpc) is 2.48. The van der Waals surface area contributed by atoms with Crippen molar-refractivity contribution in [3.8, 4) is 0 Å². The number of nitro groups is 1. The Balaban J connectivity index is 2.13. The fourth-order valence-electron chi connectivity index (χ4n) is 1.72. The van der Waals surface area contributed by atoms with Gasteiger partial charge in [0.2, 0.25) is 0 Å². The second-order valence-electron chi connectivity index (χ2n) is 4.44. The molecular weight excluding hydrogens is 274 g/mol. The largest absolute Gasteiger partial charge is 0.369 e. The van der Waals surface area contributed by atoms with Gasteiger partial charge in [0.15, 0.2) is 0 Å². The smallest absolute Gasteiger partial charge is 0.332 e. The van der Waals surface area contributed by atoms with E-state index in [0.29, 0.717) is 18.1 Å². The van der Waals surface area contributed by atoms with E-state index in [2.05, 4.69) is 22.2 Å². The first kappa shape index (κ1) is 14.6. The maximum absolute atomic E-state index is 11.3. The van der Waals surface area contributed by atoms with Gasteiger partial charge in [-0.15, -0.1) is 0 Å². The SMILES string of the molecule is CCCNc1cnc(Cn2ccc(=O)c([N+](=O)[O-])c2)cn1. The van der Waals surface area contributed by atoms with Gasteiger partial charge >= 0.3 is 5.69 Å². The molecule has 0 saturated carbocycles. The van der Waals surface area contributed by atoms with Crippen molar-refractivity contribution in [1.29, 1.82) is 0 Å². The number of anilines is 1. The summed E-state index contributed by atoms with van der Waals surface area (Å²) in [5.41, 5.74) is -0.414. The molecule has 2 rings (SSSR count). The molecule has 2 aromatic heterocycles. The molecule has 1 N–H and O–H groups in total. The number of nitrogens with one attached hydrogen (secondary N) is 1. The van der Waals surface area contributed by atoms with Crippen molar-refractivity contribution in [1.82, 2.24) is 14.5 Å². The Morgan fingerprint density at radius 3 is 2.81 bits per heavy atom. The van der Waals surface area contributed by atoms with Gasteiger partial charge in [0.1, 0.15) is 5.82 Å². The van der Waals surface area contributed by atoms with Crippen molar-refractivity contribution < 1.29 is 4.92 Å². The minimum atomic E-state index is -0.692. The van der Waals surface area contributed by atoms with Gasteiger partial charge in [0, 0.05) is 18.8 Å². The van der Waals surface area contributed by atoms with Gasteiger partial charge in [-0.3, -0.25) is 19.9 Å². The van der Waals surface area contributed by atoms with Gasteiger partial charge in [-0.05, 0) is 6.42 Å². The highest BCUT2D eigenvalue weighted by Crippen LogP contribution is 2.06. The van der Waals surface area contributed by atoms with Crippen LogP contribution in [0.15, 0.2) is 35.6 Å². The van der Waals surface area contributed by atoms with Crippen LogP contribution in [0.2, 0.25) is 0 Å².